The molecule has 78 valence electrons. The monoisotopic (exact) mass is 194 g/mol. The van der Waals surface area contributed by atoms with Crippen LogP contribution in [0.3, 0.4) is 0 Å². The average molecular weight is 194 g/mol. The molecule has 0 bridgehead atoms. The van der Waals surface area contributed by atoms with Crippen LogP contribution in [-0.4, -0.2) is 14.9 Å². The molecule has 0 spiro atoms. The Kier molecular flexibility index (Phi) is 2.14. The van der Waals surface area contributed by atoms with E-state index in [1.54, 1.807) is 0 Å². The molecule has 1 saturated carbocycles. The Bertz CT molecular complexity index is 345. The molecule has 3 heteroatoms. The molecular formula is C11H18N2O. The van der Waals surface area contributed by atoms with Crippen LogP contribution in [0.5, 0.6) is 0 Å². The molecule has 3 nitrogen and oxygen atoms in total. The third kappa shape index (κ3) is 1.36. The van der Waals surface area contributed by atoms with Crippen molar-refractivity contribution in [2.45, 2.75) is 38.7 Å². The van der Waals surface area contributed by atoms with Gasteiger partial charge in [-0.25, -0.2) is 0 Å². The second-order valence-corrected chi connectivity index (χ2v) is 4.41. The Morgan fingerprint density at radius 1 is 1.71 bits per heavy atom. The van der Waals surface area contributed by atoms with Gasteiger partial charge in [-0.3, -0.25) is 4.68 Å². The van der Waals surface area contributed by atoms with Gasteiger partial charge in [0, 0.05) is 7.05 Å². The van der Waals surface area contributed by atoms with Crippen molar-refractivity contribution in [3.8, 4) is 0 Å². The molecule has 0 aliphatic heterocycles. The van der Waals surface area contributed by atoms with E-state index in [-0.39, 0.29) is 0 Å². The van der Waals surface area contributed by atoms with Crippen molar-refractivity contribution in [2.75, 3.05) is 0 Å². The van der Waals surface area contributed by atoms with Gasteiger partial charge in [0.25, 0.3) is 0 Å². The Balaban J connectivity index is 2.20. The van der Waals surface area contributed by atoms with E-state index in [1.807, 2.05) is 24.7 Å². The smallest absolute Gasteiger partial charge is 0.109 e. The fourth-order valence-corrected chi connectivity index (χ4v) is 2.34. The SMILES string of the molecule is CCCC1CC1(O)c1cc(C)nn1C. The third-order valence-electron chi connectivity index (χ3n) is 3.16. The molecule has 1 aromatic rings. The first-order valence-electron chi connectivity index (χ1n) is 5.31. The maximum Gasteiger partial charge on any atom is 0.109 e. The van der Waals surface area contributed by atoms with Crippen LogP contribution >= 0.6 is 0 Å². The molecule has 1 aliphatic rings. The molecule has 14 heavy (non-hydrogen) atoms. The summed E-state index contributed by atoms with van der Waals surface area (Å²) in [4.78, 5) is 0. The Labute approximate surface area is 84.7 Å². The lowest BCUT2D eigenvalue weighted by Crippen LogP contribution is -2.14. The highest BCUT2D eigenvalue weighted by molar-refractivity contribution is 5.25. The summed E-state index contributed by atoms with van der Waals surface area (Å²) in [7, 11) is 1.90. The van der Waals surface area contributed by atoms with Crippen molar-refractivity contribution in [3.63, 3.8) is 0 Å². The lowest BCUT2D eigenvalue weighted by Gasteiger charge is -2.10. The lowest BCUT2D eigenvalue weighted by atomic mass is 10.1. The van der Waals surface area contributed by atoms with Crippen molar-refractivity contribution in [1.82, 2.24) is 9.78 Å². The van der Waals surface area contributed by atoms with Crippen LogP contribution in [-0.2, 0) is 12.6 Å². The highest BCUT2D eigenvalue weighted by Crippen LogP contribution is 2.54. The second kappa shape index (κ2) is 3.09. The zero-order chi connectivity index (χ0) is 10.3. The van der Waals surface area contributed by atoms with Gasteiger partial charge in [0.1, 0.15) is 5.60 Å². The van der Waals surface area contributed by atoms with Gasteiger partial charge >= 0.3 is 0 Å². The minimum atomic E-state index is -0.577. The number of hydrogen-bond acceptors (Lipinski definition) is 2. The number of rotatable bonds is 3. The van der Waals surface area contributed by atoms with Crippen LogP contribution in [0.2, 0.25) is 0 Å². The molecule has 2 unspecified atom stereocenters. The summed E-state index contributed by atoms with van der Waals surface area (Å²) >= 11 is 0. The van der Waals surface area contributed by atoms with Gasteiger partial charge in [0.2, 0.25) is 0 Å². The Morgan fingerprint density at radius 3 is 2.93 bits per heavy atom. The van der Waals surface area contributed by atoms with E-state index in [1.165, 1.54) is 0 Å². The normalized spacial score (nSPS) is 30.7. The lowest BCUT2D eigenvalue weighted by molar-refractivity contribution is 0.119. The highest BCUT2D eigenvalue weighted by atomic mass is 16.3. The van der Waals surface area contributed by atoms with E-state index >= 15 is 0 Å². The highest BCUT2D eigenvalue weighted by Gasteiger charge is 2.55. The van der Waals surface area contributed by atoms with Gasteiger partial charge in [-0.1, -0.05) is 13.3 Å². The zero-order valence-corrected chi connectivity index (χ0v) is 9.12. The van der Waals surface area contributed by atoms with Crippen LogP contribution in [0.15, 0.2) is 6.07 Å². The van der Waals surface area contributed by atoms with Gasteiger partial charge in [-0.15, -0.1) is 0 Å². The molecule has 0 saturated heterocycles. The predicted octanol–water partition coefficient (Wildman–Crippen LogP) is 1.74. The molecule has 1 heterocycles. The van der Waals surface area contributed by atoms with Crippen molar-refractivity contribution in [2.24, 2.45) is 13.0 Å². The van der Waals surface area contributed by atoms with Gasteiger partial charge in [-0.05, 0) is 31.7 Å². The molecule has 0 amide bonds. The molecule has 1 N–H and O–H groups in total. The number of aromatic nitrogens is 2. The quantitative estimate of drug-likeness (QED) is 0.795. The fourth-order valence-electron chi connectivity index (χ4n) is 2.34. The topological polar surface area (TPSA) is 38.1 Å². The third-order valence-corrected chi connectivity index (χ3v) is 3.16. The number of nitrogens with zero attached hydrogens (tertiary/aromatic N) is 2. The standard InChI is InChI=1S/C11H18N2O/c1-4-5-9-7-11(9,14)10-6-8(2)12-13(10)3/h6,9,14H,4-5,7H2,1-3H3. The fraction of sp³-hybridized carbons (Fsp3) is 0.727. The molecule has 0 aromatic carbocycles. The van der Waals surface area contributed by atoms with Gasteiger partial charge < -0.3 is 5.11 Å². The molecule has 0 radical (unpaired) electrons. The van der Waals surface area contributed by atoms with E-state index in [4.69, 9.17) is 0 Å². The summed E-state index contributed by atoms with van der Waals surface area (Å²) in [6, 6.07) is 2.00. The van der Waals surface area contributed by atoms with E-state index < -0.39 is 5.60 Å². The second-order valence-electron chi connectivity index (χ2n) is 4.41. The molecule has 1 aromatic heterocycles. The van der Waals surface area contributed by atoms with Gasteiger partial charge in [0.15, 0.2) is 0 Å². The number of aliphatic hydroxyl groups is 1. The van der Waals surface area contributed by atoms with Crippen LogP contribution in [0.4, 0.5) is 0 Å². The largest absolute Gasteiger partial charge is 0.383 e. The van der Waals surface area contributed by atoms with Crippen molar-refractivity contribution in [3.05, 3.63) is 17.5 Å². The maximum absolute atomic E-state index is 10.3. The van der Waals surface area contributed by atoms with E-state index in [0.29, 0.717) is 5.92 Å². The first-order chi connectivity index (χ1) is 6.58. The summed E-state index contributed by atoms with van der Waals surface area (Å²) in [5, 5.41) is 14.6. The summed E-state index contributed by atoms with van der Waals surface area (Å²) < 4.78 is 1.81. The molecule has 1 fully saturated rings. The number of aryl methyl sites for hydroxylation is 2. The average Bonchev–Trinajstić information content (AvgIpc) is 2.60. The van der Waals surface area contributed by atoms with Crippen molar-refractivity contribution in [1.29, 1.82) is 0 Å². The predicted molar refractivity (Wildman–Crippen MR) is 54.9 cm³/mol. The van der Waals surface area contributed by atoms with E-state index in [9.17, 15) is 5.11 Å². The summed E-state index contributed by atoms with van der Waals surface area (Å²) in [5.74, 6) is 0.447. The minimum absolute atomic E-state index is 0.447. The summed E-state index contributed by atoms with van der Waals surface area (Å²) in [5.41, 5.74) is 1.39. The zero-order valence-electron chi connectivity index (χ0n) is 9.12. The van der Waals surface area contributed by atoms with Gasteiger partial charge in [0.05, 0.1) is 11.4 Å². The van der Waals surface area contributed by atoms with Crippen LogP contribution < -0.4 is 0 Å². The summed E-state index contributed by atoms with van der Waals surface area (Å²) in [6.07, 6.45) is 3.16. The molecule has 2 rings (SSSR count). The van der Waals surface area contributed by atoms with Gasteiger partial charge in [-0.2, -0.15) is 5.10 Å². The number of hydrogen-bond donors (Lipinski definition) is 1. The minimum Gasteiger partial charge on any atom is -0.383 e. The maximum atomic E-state index is 10.3. The molecule has 2 atom stereocenters. The van der Waals surface area contributed by atoms with Crippen molar-refractivity contribution < 1.29 is 5.11 Å². The molecular weight excluding hydrogens is 176 g/mol. The first-order valence-corrected chi connectivity index (χ1v) is 5.31. The van der Waals surface area contributed by atoms with E-state index in [0.717, 1.165) is 30.7 Å². The van der Waals surface area contributed by atoms with Crippen LogP contribution in [0.25, 0.3) is 0 Å². The van der Waals surface area contributed by atoms with Crippen LogP contribution in [0, 0.1) is 12.8 Å². The summed E-state index contributed by atoms with van der Waals surface area (Å²) in [6.45, 7) is 4.12. The Morgan fingerprint density at radius 2 is 2.43 bits per heavy atom. The van der Waals surface area contributed by atoms with E-state index in [2.05, 4.69) is 12.0 Å². The Hall–Kier alpha value is -0.830. The first kappa shape index (κ1) is 9.71. The van der Waals surface area contributed by atoms with Crippen LogP contribution in [0.1, 0.15) is 37.6 Å². The molecule has 1 aliphatic carbocycles. The van der Waals surface area contributed by atoms with Crippen molar-refractivity contribution >= 4 is 0 Å².